The Bertz CT molecular complexity index is 282. The molecule has 0 fully saturated rings. The van der Waals surface area contributed by atoms with Crippen LogP contribution in [0.25, 0.3) is 0 Å². The van der Waals surface area contributed by atoms with Crippen LogP contribution in [0.2, 0.25) is 0 Å². The van der Waals surface area contributed by atoms with Gasteiger partial charge in [-0.15, -0.1) is 0 Å². The molecule has 0 amide bonds. The molecule has 0 spiro atoms. The van der Waals surface area contributed by atoms with Crippen LogP contribution in [-0.4, -0.2) is 0 Å². The molecule has 0 aliphatic rings. The van der Waals surface area contributed by atoms with Crippen molar-refractivity contribution >= 4 is 11.3 Å². The van der Waals surface area contributed by atoms with Crippen molar-refractivity contribution in [2.45, 2.75) is 19.1 Å². The van der Waals surface area contributed by atoms with Crippen molar-refractivity contribution in [3.8, 4) is 0 Å². The highest BCUT2D eigenvalue weighted by Gasteiger charge is 2.34. The van der Waals surface area contributed by atoms with Gasteiger partial charge in [0.1, 0.15) is 0 Å². The molecule has 0 bridgehead atoms. The molecule has 1 aromatic rings. The lowest BCUT2D eigenvalue weighted by Crippen LogP contribution is -2.26. The lowest BCUT2D eigenvalue weighted by Gasteiger charge is -2.13. The van der Waals surface area contributed by atoms with Crippen molar-refractivity contribution in [1.29, 1.82) is 0 Å². The molecule has 1 rings (SSSR count). The van der Waals surface area contributed by atoms with E-state index in [0.29, 0.717) is 0 Å². The van der Waals surface area contributed by atoms with Crippen LogP contribution in [0.3, 0.4) is 0 Å². The molecule has 1 unspecified atom stereocenters. The number of hydrazine groups is 1. The Kier molecular flexibility index (Phi) is 2.94. The van der Waals surface area contributed by atoms with Gasteiger partial charge in [0, 0.05) is 11.4 Å². The Balaban J connectivity index is 3.03. The van der Waals surface area contributed by atoms with Gasteiger partial charge in [-0.25, -0.2) is 0 Å². The normalized spacial score (nSPS) is 14.5. The second-order valence-electron chi connectivity index (χ2n) is 2.63. The zero-order chi connectivity index (χ0) is 10.1. The van der Waals surface area contributed by atoms with Crippen LogP contribution in [-0.2, 0) is 6.18 Å². The summed E-state index contributed by atoms with van der Waals surface area (Å²) in [6.45, 7) is 1.58. The van der Waals surface area contributed by atoms with Crippen LogP contribution in [0.5, 0.6) is 0 Å². The van der Waals surface area contributed by atoms with Crippen molar-refractivity contribution in [1.82, 2.24) is 5.43 Å². The Morgan fingerprint density at radius 3 is 2.54 bits per heavy atom. The highest BCUT2D eigenvalue weighted by molar-refractivity contribution is 7.08. The average molecular weight is 210 g/mol. The van der Waals surface area contributed by atoms with Gasteiger partial charge in [0.15, 0.2) is 0 Å². The van der Waals surface area contributed by atoms with Crippen LogP contribution in [0.1, 0.15) is 24.1 Å². The van der Waals surface area contributed by atoms with E-state index >= 15 is 0 Å². The smallest absolute Gasteiger partial charge is 0.271 e. The molecule has 1 atom stereocenters. The van der Waals surface area contributed by atoms with E-state index < -0.39 is 17.8 Å². The standard InChI is InChI=1S/C7H9F3N2S/c1-4(12-11)5-2-13-3-6(5)7(8,9)10/h2-4,12H,11H2,1H3. The summed E-state index contributed by atoms with van der Waals surface area (Å²) in [5.41, 5.74) is 1.87. The third-order valence-corrected chi connectivity index (χ3v) is 2.48. The Morgan fingerprint density at radius 2 is 2.08 bits per heavy atom. The topological polar surface area (TPSA) is 38.0 Å². The third kappa shape index (κ3) is 2.20. The van der Waals surface area contributed by atoms with E-state index in [1.165, 1.54) is 5.38 Å². The minimum atomic E-state index is -4.29. The second-order valence-corrected chi connectivity index (χ2v) is 3.37. The minimum absolute atomic E-state index is 0.194. The fourth-order valence-electron chi connectivity index (χ4n) is 0.962. The van der Waals surface area contributed by atoms with E-state index in [4.69, 9.17) is 5.84 Å². The van der Waals surface area contributed by atoms with Crippen LogP contribution < -0.4 is 11.3 Å². The summed E-state index contributed by atoms with van der Waals surface area (Å²) in [6, 6.07) is -0.483. The van der Waals surface area contributed by atoms with Crippen molar-refractivity contribution in [3.05, 3.63) is 21.9 Å². The van der Waals surface area contributed by atoms with Crippen LogP contribution in [0, 0.1) is 0 Å². The third-order valence-electron chi connectivity index (χ3n) is 1.71. The number of thiophene rings is 1. The molecule has 0 aromatic carbocycles. The number of rotatable bonds is 2. The number of halogens is 3. The Morgan fingerprint density at radius 1 is 1.46 bits per heavy atom. The van der Waals surface area contributed by atoms with E-state index in [0.717, 1.165) is 16.7 Å². The first-order valence-electron chi connectivity index (χ1n) is 3.56. The van der Waals surface area contributed by atoms with Crippen molar-refractivity contribution in [3.63, 3.8) is 0 Å². The number of nitrogens with one attached hydrogen (secondary N) is 1. The molecule has 0 saturated carbocycles. The largest absolute Gasteiger partial charge is 0.417 e. The summed E-state index contributed by atoms with van der Waals surface area (Å²) in [6.07, 6.45) is -4.29. The van der Waals surface area contributed by atoms with Gasteiger partial charge in [-0.05, 0) is 17.9 Å². The molecule has 2 nitrogen and oxygen atoms in total. The fourth-order valence-corrected chi connectivity index (χ4v) is 1.91. The molecule has 3 N–H and O–H groups in total. The van der Waals surface area contributed by atoms with E-state index in [2.05, 4.69) is 5.43 Å². The SMILES string of the molecule is CC(NN)c1cscc1C(F)(F)F. The first-order valence-corrected chi connectivity index (χ1v) is 4.50. The van der Waals surface area contributed by atoms with Crippen LogP contribution in [0.4, 0.5) is 13.2 Å². The highest BCUT2D eigenvalue weighted by Crippen LogP contribution is 2.36. The highest BCUT2D eigenvalue weighted by atomic mass is 32.1. The van der Waals surface area contributed by atoms with E-state index in [1.54, 1.807) is 6.92 Å². The molecule has 0 aliphatic carbocycles. The van der Waals surface area contributed by atoms with Gasteiger partial charge >= 0.3 is 6.18 Å². The van der Waals surface area contributed by atoms with Gasteiger partial charge in [-0.2, -0.15) is 24.5 Å². The minimum Gasteiger partial charge on any atom is -0.271 e. The van der Waals surface area contributed by atoms with Crippen LogP contribution in [0.15, 0.2) is 10.8 Å². The number of hydrogen-bond donors (Lipinski definition) is 2. The fraction of sp³-hybridized carbons (Fsp3) is 0.429. The maximum atomic E-state index is 12.3. The first-order chi connectivity index (χ1) is 5.96. The van der Waals surface area contributed by atoms with Gasteiger partial charge in [0.05, 0.1) is 5.56 Å². The van der Waals surface area contributed by atoms with Gasteiger partial charge < -0.3 is 0 Å². The summed E-state index contributed by atoms with van der Waals surface area (Å²) in [5, 5.41) is 2.54. The van der Waals surface area contributed by atoms with E-state index in [9.17, 15) is 13.2 Å². The zero-order valence-corrected chi connectivity index (χ0v) is 7.67. The molecular weight excluding hydrogens is 201 g/mol. The lowest BCUT2D eigenvalue weighted by molar-refractivity contribution is -0.138. The summed E-state index contributed by atoms with van der Waals surface area (Å²) in [5.74, 6) is 5.06. The Hall–Kier alpha value is -0.590. The number of hydrogen-bond acceptors (Lipinski definition) is 3. The van der Waals surface area contributed by atoms with E-state index in [-0.39, 0.29) is 5.56 Å². The summed E-state index contributed by atoms with van der Waals surface area (Å²) in [7, 11) is 0. The quantitative estimate of drug-likeness (QED) is 0.580. The van der Waals surface area contributed by atoms with Gasteiger partial charge in [-0.1, -0.05) is 0 Å². The van der Waals surface area contributed by atoms with Crippen molar-refractivity contribution in [2.24, 2.45) is 5.84 Å². The molecule has 0 radical (unpaired) electrons. The molecule has 74 valence electrons. The number of nitrogens with two attached hydrogens (primary N) is 1. The summed E-state index contributed by atoms with van der Waals surface area (Å²) >= 11 is 1.02. The monoisotopic (exact) mass is 210 g/mol. The predicted molar refractivity (Wildman–Crippen MR) is 45.1 cm³/mol. The molecule has 0 saturated heterocycles. The first kappa shape index (κ1) is 10.5. The average Bonchev–Trinajstić information content (AvgIpc) is 2.49. The molecule has 0 aliphatic heterocycles. The molecular formula is C7H9F3N2S. The number of alkyl halides is 3. The molecule has 1 heterocycles. The van der Waals surface area contributed by atoms with Crippen molar-refractivity contribution < 1.29 is 13.2 Å². The Labute approximate surface area is 77.5 Å². The molecule has 13 heavy (non-hydrogen) atoms. The van der Waals surface area contributed by atoms with E-state index in [1.807, 2.05) is 0 Å². The van der Waals surface area contributed by atoms with Crippen LogP contribution >= 0.6 is 11.3 Å². The maximum Gasteiger partial charge on any atom is 0.417 e. The van der Waals surface area contributed by atoms with Crippen molar-refractivity contribution in [2.75, 3.05) is 0 Å². The lowest BCUT2D eigenvalue weighted by atomic mass is 10.1. The molecule has 1 aromatic heterocycles. The van der Waals surface area contributed by atoms with Gasteiger partial charge in [0.2, 0.25) is 0 Å². The summed E-state index contributed by atoms with van der Waals surface area (Å²) < 4.78 is 36.9. The van der Waals surface area contributed by atoms with Gasteiger partial charge in [0.25, 0.3) is 0 Å². The second kappa shape index (κ2) is 3.65. The molecule has 6 heteroatoms. The maximum absolute atomic E-state index is 12.3. The summed E-state index contributed by atoms with van der Waals surface area (Å²) in [4.78, 5) is 0. The predicted octanol–water partition coefficient (Wildman–Crippen LogP) is 2.29. The van der Waals surface area contributed by atoms with Gasteiger partial charge in [-0.3, -0.25) is 11.3 Å². The zero-order valence-electron chi connectivity index (χ0n) is 6.85.